The van der Waals surface area contributed by atoms with Crippen molar-refractivity contribution in [1.29, 1.82) is 0 Å². The third-order valence-electron chi connectivity index (χ3n) is 4.86. The zero-order valence-corrected chi connectivity index (χ0v) is 17.4. The van der Waals surface area contributed by atoms with Gasteiger partial charge in [-0.25, -0.2) is 4.21 Å². The van der Waals surface area contributed by atoms with E-state index in [-0.39, 0.29) is 16.3 Å². The van der Waals surface area contributed by atoms with Crippen molar-refractivity contribution in [3.8, 4) is 11.4 Å². The predicted octanol–water partition coefficient (Wildman–Crippen LogP) is 3.44. The van der Waals surface area contributed by atoms with Crippen molar-refractivity contribution >= 4 is 22.0 Å². The number of nitrogens with zero attached hydrogens (tertiary/aromatic N) is 5. The van der Waals surface area contributed by atoms with Gasteiger partial charge in [-0.15, -0.1) is 5.10 Å². The molecular weight excluding hydrogens is 410 g/mol. The molecule has 152 valence electrons. The lowest BCUT2D eigenvalue weighted by molar-refractivity contribution is 0.666. The van der Waals surface area contributed by atoms with E-state index in [4.69, 9.17) is 0 Å². The molecule has 0 amide bonds. The van der Waals surface area contributed by atoms with Crippen molar-refractivity contribution in [3.63, 3.8) is 0 Å². The monoisotopic (exact) mass is 427 g/mol. The summed E-state index contributed by atoms with van der Waals surface area (Å²) in [7, 11) is -1.70. The highest BCUT2D eigenvalue weighted by Gasteiger charge is 2.23. The van der Waals surface area contributed by atoms with Gasteiger partial charge in [0.25, 0.3) is 5.56 Å². The van der Waals surface area contributed by atoms with Gasteiger partial charge in [0.1, 0.15) is 10.8 Å². The minimum absolute atomic E-state index is 0.109. The van der Waals surface area contributed by atoms with Crippen LogP contribution in [0.25, 0.3) is 22.5 Å². The molecule has 7 nitrogen and oxygen atoms in total. The fourth-order valence-electron chi connectivity index (χ4n) is 3.29. The van der Waals surface area contributed by atoms with Crippen LogP contribution >= 0.6 is 0 Å². The average Bonchev–Trinajstić information content (AvgIpc) is 3.24. The van der Waals surface area contributed by atoms with Crippen LogP contribution in [0.15, 0.2) is 99.8 Å². The fraction of sp³-hybridized carbons (Fsp3) is 0.0435. The second-order valence-corrected chi connectivity index (χ2v) is 8.34. The lowest BCUT2D eigenvalue weighted by Crippen LogP contribution is -2.25. The molecule has 1 unspecified atom stereocenters. The molecule has 0 aliphatic carbocycles. The summed E-state index contributed by atoms with van der Waals surface area (Å²) in [4.78, 5) is 18.7. The molecule has 8 heteroatoms. The van der Waals surface area contributed by atoms with Gasteiger partial charge in [-0.3, -0.25) is 9.36 Å². The highest BCUT2D eigenvalue weighted by Crippen LogP contribution is 2.21. The third kappa shape index (κ3) is 3.36. The number of hydrogen-bond acceptors (Lipinski definition) is 5. The standard InChI is InChI=1S/C23H17N5O2S/c1-16-12-14-19(15-13-16)31(30)23-24-21-20(22(29)27(23)17-8-4-2-5-9-17)25-26-28(21)18-10-6-3-7-11-18/h2-15H,1H3. The number of fused-ring (bicyclic) bond motifs is 1. The minimum atomic E-state index is -1.70. The van der Waals surface area contributed by atoms with Crippen LogP contribution in [-0.2, 0) is 10.8 Å². The van der Waals surface area contributed by atoms with Crippen molar-refractivity contribution in [2.45, 2.75) is 17.0 Å². The smallest absolute Gasteiger partial charge is 0.266 e. The van der Waals surface area contributed by atoms with Crippen LogP contribution in [0.4, 0.5) is 0 Å². The van der Waals surface area contributed by atoms with Gasteiger partial charge in [0.05, 0.1) is 11.4 Å². The Hall–Kier alpha value is -3.91. The molecule has 5 rings (SSSR count). The fourth-order valence-corrected chi connectivity index (χ4v) is 4.41. The predicted molar refractivity (Wildman–Crippen MR) is 118 cm³/mol. The van der Waals surface area contributed by atoms with Crippen molar-refractivity contribution in [2.75, 3.05) is 0 Å². The van der Waals surface area contributed by atoms with Gasteiger partial charge in [-0.05, 0) is 43.3 Å². The second-order valence-electron chi connectivity index (χ2n) is 6.96. The summed E-state index contributed by atoms with van der Waals surface area (Å²) in [5.74, 6) is 0. The zero-order valence-electron chi connectivity index (χ0n) is 16.5. The molecule has 0 fully saturated rings. The molecule has 2 heterocycles. The van der Waals surface area contributed by atoms with Crippen LogP contribution in [0, 0.1) is 6.92 Å². The Bertz CT molecular complexity index is 1460. The Labute approximate surface area is 180 Å². The van der Waals surface area contributed by atoms with Gasteiger partial charge < -0.3 is 0 Å². The maximum absolute atomic E-state index is 13.6. The number of rotatable bonds is 4. The maximum Gasteiger partial charge on any atom is 0.289 e. The van der Waals surface area contributed by atoms with Crippen molar-refractivity contribution in [2.24, 2.45) is 0 Å². The SMILES string of the molecule is Cc1ccc(S(=O)c2nc3c(nnn3-c3ccccc3)c(=O)n2-c2ccccc2)cc1. The molecule has 2 aromatic heterocycles. The lowest BCUT2D eigenvalue weighted by atomic mass is 10.2. The zero-order chi connectivity index (χ0) is 21.4. The number of aromatic nitrogens is 5. The number of benzene rings is 3. The van der Waals surface area contributed by atoms with E-state index in [1.54, 1.807) is 24.3 Å². The molecule has 0 bridgehead atoms. The van der Waals surface area contributed by atoms with Crippen LogP contribution in [0.1, 0.15) is 5.56 Å². The summed E-state index contributed by atoms with van der Waals surface area (Å²) in [6.45, 7) is 1.96. The highest BCUT2D eigenvalue weighted by atomic mass is 32.2. The summed E-state index contributed by atoms with van der Waals surface area (Å²) in [6, 6.07) is 25.6. The van der Waals surface area contributed by atoms with Crippen LogP contribution in [0.5, 0.6) is 0 Å². The molecule has 5 aromatic rings. The van der Waals surface area contributed by atoms with Crippen LogP contribution < -0.4 is 5.56 Å². The minimum Gasteiger partial charge on any atom is -0.266 e. The van der Waals surface area contributed by atoms with E-state index in [2.05, 4.69) is 15.3 Å². The first kappa shape index (κ1) is 19.1. The third-order valence-corrected chi connectivity index (χ3v) is 6.17. The molecule has 1 atom stereocenters. The Balaban J connectivity index is 1.81. The first-order chi connectivity index (χ1) is 15.1. The van der Waals surface area contributed by atoms with E-state index in [1.807, 2.05) is 67.6 Å². The number of hydrogen-bond donors (Lipinski definition) is 0. The normalized spacial score (nSPS) is 12.2. The van der Waals surface area contributed by atoms with Gasteiger partial charge in [0.2, 0.25) is 5.16 Å². The van der Waals surface area contributed by atoms with Gasteiger partial charge in [-0.2, -0.15) is 9.67 Å². The molecule has 0 N–H and O–H groups in total. The summed E-state index contributed by atoms with van der Waals surface area (Å²) >= 11 is 0. The Kier molecular flexibility index (Phi) is 4.76. The lowest BCUT2D eigenvalue weighted by Gasteiger charge is -2.12. The number of aryl methyl sites for hydroxylation is 1. The van der Waals surface area contributed by atoms with E-state index in [1.165, 1.54) is 9.25 Å². The Morgan fingerprint density at radius 3 is 2.06 bits per heavy atom. The molecular formula is C23H17N5O2S. The van der Waals surface area contributed by atoms with Crippen molar-refractivity contribution in [1.82, 2.24) is 24.5 Å². The van der Waals surface area contributed by atoms with E-state index in [0.29, 0.717) is 16.3 Å². The van der Waals surface area contributed by atoms with Crippen LogP contribution in [-0.4, -0.2) is 28.8 Å². The second kappa shape index (κ2) is 7.73. The first-order valence-electron chi connectivity index (χ1n) is 9.61. The van der Waals surface area contributed by atoms with Gasteiger partial charge in [0, 0.05) is 4.90 Å². The van der Waals surface area contributed by atoms with Crippen molar-refractivity contribution in [3.05, 3.63) is 101 Å². The first-order valence-corrected chi connectivity index (χ1v) is 10.8. The molecule has 0 aliphatic rings. The molecule has 0 radical (unpaired) electrons. The molecule has 0 aliphatic heterocycles. The van der Waals surface area contributed by atoms with Gasteiger partial charge >= 0.3 is 0 Å². The van der Waals surface area contributed by atoms with Crippen LogP contribution in [0.3, 0.4) is 0 Å². The molecule has 0 saturated heterocycles. The van der Waals surface area contributed by atoms with Crippen molar-refractivity contribution < 1.29 is 4.21 Å². The summed E-state index contributed by atoms with van der Waals surface area (Å²) < 4.78 is 16.4. The average molecular weight is 427 g/mol. The molecule has 31 heavy (non-hydrogen) atoms. The largest absolute Gasteiger partial charge is 0.289 e. The quantitative estimate of drug-likeness (QED) is 0.410. The number of para-hydroxylation sites is 2. The summed E-state index contributed by atoms with van der Waals surface area (Å²) in [6.07, 6.45) is 0. The van der Waals surface area contributed by atoms with E-state index < -0.39 is 16.4 Å². The summed E-state index contributed by atoms with van der Waals surface area (Å²) in [5.41, 5.74) is 2.27. The van der Waals surface area contributed by atoms with Gasteiger partial charge in [0.15, 0.2) is 11.2 Å². The topological polar surface area (TPSA) is 82.7 Å². The Morgan fingerprint density at radius 2 is 1.42 bits per heavy atom. The maximum atomic E-state index is 13.6. The summed E-state index contributed by atoms with van der Waals surface area (Å²) in [5, 5.41) is 8.34. The van der Waals surface area contributed by atoms with E-state index in [0.717, 1.165) is 5.56 Å². The van der Waals surface area contributed by atoms with E-state index in [9.17, 15) is 9.00 Å². The van der Waals surface area contributed by atoms with E-state index >= 15 is 0 Å². The molecule has 3 aromatic carbocycles. The highest BCUT2D eigenvalue weighted by molar-refractivity contribution is 7.85. The Morgan fingerprint density at radius 1 is 0.806 bits per heavy atom. The van der Waals surface area contributed by atoms with Gasteiger partial charge in [-0.1, -0.05) is 59.3 Å². The molecule has 0 saturated carbocycles. The molecule has 0 spiro atoms. The van der Waals surface area contributed by atoms with Crippen LogP contribution in [0.2, 0.25) is 0 Å².